The van der Waals surface area contributed by atoms with Gasteiger partial charge in [-0.3, -0.25) is 28.9 Å². The summed E-state index contributed by atoms with van der Waals surface area (Å²) in [7, 11) is -1.17. The molecule has 2 N–H and O–H groups in total. The van der Waals surface area contributed by atoms with Gasteiger partial charge >= 0.3 is 19.8 Å². The molecule has 2 aliphatic rings. The molecule has 0 spiro atoms. The molecule has 0 aromatic carbocycles. The van der Waals surface area contributed by atoms with Crippen LogP contribution in [0, 0.1) is 5.41 Å². The van der Waals surface area contributed by atoms with Crippen molar-refractivity contribution < 1.29 is 42.0 Å². The molecular formula is C16H28N3O9P. The first kappa shape index (κ1) is 23.7. The molecule has 0 radical (unpaired) electrons. The third-order valence-corrected chi connectivity index (χ3v) is 5.90. The molecule has 2 fully saturated rings. The lowest BCUT2D eigenvalue weighted by Crippen LogP contribution is -2.50. The van der Waals surface area contributed by atoms with E-state index >= 15 is 0 Å². The Bertz CT molecular complexity index is 672. The molecule has 0 aromatic rings. The molecule has 166 valence electrons. The highest BCUT2D eigenvalue weighted by atomic mass is 31.2. The zero-order valence-electron chi connectivity index (χ0n) is 17.0. The highest BCUT2D eigenvalue weighted by molar-refractivity contribution is 7.48. The first-order valence-electron chi connectivity index (χ1n) is 9.13. The summed E-state index contributed by atoms with van der Waals surface area (Å²) in [6, 6.07) is -0.472. The van der Waals surface area contributed by atoms with E-state index in [2.05, 4.69) is 15.5 Å². The van der Waals surface area contributed by atoms with Gasteiger partial charge in [-0.1, -0.05) is 13.8 Å². The maximum atomic E-state index is 12.7. The van der Waals surface area contributed by atoms with Gasteiger partial charge in [-0.25, -0.2) is 14.1 Å². The average molecular weight is 437 g/mol. The lowest BCUT2D eigenvalue weighted by atomic mass is 9.87. The molecule has 2 saturated heterocycles. The summed E-state index contributed by atoms with van der Waals surface area (Å²) >= 11 is 0. The number of esters is 2. The summed E-state index contributed by atoms with van der Waals surface area (Å²) < 4.78 is 37.8. The Balaban J connectivity index is 1.87. The Labute approximate surface area is 169 Å². The lowest BCUT2D eigenvalue weighted by Gasteiger charge is -2.39. The molecule has 12 nitrogen and oxygen atoms in total. The van der Waals surface area contributed by atoms with Crippen LogP contribution < -0.4 is 10.7 Å². The van der Waals surface area contributed by atoms with Gasteiger partial charge in [0.05, 0.1) is 20.1 Å². The summed E-state index contributed by atoms with van der Waals surface area (Å²) in [5, 5.41) is 4.15. The Morgan fingerprint density at radius 2 is 2.07 bits per heavy atom. The van der Waals surface area contributed by atoms with Crippen molar-refractivity contribution in [2.45, 2.75) is 38.8 Å². The number of nitrogens with one attached hydrogen (secondary N) is 2. The number of carbonyl (C=O) groups excluding carboxylic acids is 3. The number of phosphoric ester groups is 1. The summed E-state index contributed by atoms with van der Waals surface area (Å²) in [6.07, 6.45) is -0.594. The fourth-order valence-electron chi connectivity index (χ4n) is 2.78. The number of ether oxygens (including phenoxy) is 2. The quantitative estimate of drug-likeness (QED) is 0.300. The first-order chi connectivity index (χ1) is 13.6. The standard InChI is InChI=1S/C16H28N3O9P/c1-16(2)9-26-29(23,27-10-25-15(22)11-5-8-18-19(11)3)28-13(16)14(21)17-7-6-12(20)24-4/h11,13,18H,5-10H2,1-4H3,(H,17,21)/t11?,13-,29?/m0/s1. The molecular weight excluding hydrogens is 409 g/mol. The van der Waals surface area contributed by atoms with Gasteiger partial charge in [0.15, 0.2) is 6.10 Å². The van der Waals surface area contributed by atoms with Crippen molar-refractivity contribution in [1.29, 1.82) is 0 Å². The molecule has 3 atom stereocenters. The van der Waals surface area contributed by atoms with E-state index in [1.54, 1.807) is 25.9 Å². The number of amides is 1. The van der Waals surface area contributed by atoms with Crippen LogP contribution in [0.2, 0.25) is 0 Å². The summed E-state index contributed by atoms with van der Waals surface area (Å²) in [4.78, 5) is 35.6. The second-order valence-electron chi connectivity index (χ2n) is 7.35. The molecule has 2 heterocycles. The van der Waals surface area contributed by atoms with Crippen LogP contribution in [0.4, 0.5) is 0 Å². The minimum absolute atomic E-state index is 0.0134. The zero-order chi connectivity index (χ0) is 21.7. The van der Waals surface area contributed by atoms with Crippen LogP contribution >= 0.6 is 7.82 Å². The van der Waals surface area contributed by atoms with Crippen LogP contribution in [0.1, 0.15) is 26.7 Å². The predicted octanol–water partition coefficient (Wildman–Crippen LogP) is -0.0586. The van der Waals surface area contributed by atoms with Gasteiger partial charge in [0.1, 0.15) is 6.04 Å². The van der Waals surface area contributed by atoms with Crippen molar-refractivity contribution in [3.8, 4) is 0 Å². The number of methoxy groups -OCH3 is 1. The molecule has 2 aliphatic heterocycles. The fourth-order valence-corrected chi connectivity index (χ4v) is 4.29. The van der Waals surface area contributed by atoms with Crippen molar-refractivity contribution in [3.63, 3.8) is 0 Å². The number of phosphoric acid groups is 1. The van der Waals surface area contributed by atoms with Gasteiger partial charge in [-0.2, -0.15) is 0 Å². The van der Waals surface area contributed by atoms with Crippen LogP contribution in [0.15, 0.2) is 0 Å². The number of hydrazine groups is 1. The second kappa shape index (κ2) is 9.96. The number of hydrogen-bond donors (Lipinski definition) is 2. The Hall–Kier alpha value is -1.56. The number of carbonyl (C=O) groups is 3. The third kappa shape index (κ3) is 6.46. The van der Waals surface area contributed by atoms with E-state index in [1.165, 1.54) is 7.11 Å². The number of nitrogens with zero attached hydrogens (tertiary/aromatic N) is 1. The van der Waals surface area contributed by atoms with E-state index < -0.39 is 50.0 Å². The third-order valence-electron chi connectivity index (χ3n) is 4.56. The molecule has 29 heavy (non-hydrogen) atoms. The molecule has 0 aromatic heterocycles. The molecule has 2 rings (SSSR count). The monoisotopic (exact) mass is 437 g/mol. The SMILES string of the molecule is COC(=O)CCNC(=O)[C@@H]1OP(=O)(OCOC(=O)C2CCNN2C)OCC1(C)C. The highest BCUT2D eigenvalue weighted by Crippen LogP contribution is 2.57. The Morgan fingerprint density at radius 1 is 1.34 bits per heavy atom. The van der Waals surface area contributed by atoms with Crippen molar-refractivity contribution in [1.82, 2.24) is 15.8 Å². The van der Waals surface area contributed by atoms with Gasteiger partial charge in [0.2, 0.25) is 12.7 Å². The van der Waals surface area contributed by atoms with Gasteiger partial charge in [0.25, 0.3) is 0 Å². The van der Waals surface area contributed by atoms with Gasteiger partial charge in [-0.05, 0) is 6.42 Å². The van der Waals surface area contributed by atoms with Crippen LogP contribution in [-0.4, -0.2) is 75.6 Å². The summed E-state index contributed by atoms with van der Waals surface area (Å²) in [5.74, 6) is -1.59. The predicted molar refractivity (Wildman–Crippen MR) is 98.1 cm³/mol. The molecule has 2 unspecified atom stereocenters. The number of likely N-dealkylation sites (N-methyl/N-ethyl adjacent to an activating group) is 1. The number of hydrogen-bond acceptors (Lipinski definition) is 11. The average Bonchev–Trinajstić information content (AvgIpc) is 3.09. The van der Waals surface area contributed by atoms with Crippen molar-refractivity contribution in [3.05, 3.63) is 0 Å². The van der Waals surface area contributed by atoms with Gasteiger partial charge in [-0.15, -0.1) is 0 Å². The molecule has 0 bridgehead atoms. The number of rotatable bonds is 8. The van der Waals surface area contributed by atoms with E-state index in [9.17, 15) is 18.9 Å². The van der Waals surface area contributed by atoms with Crippen molar-refractivity contribution >= 4 is 25.7 Å². The van der Waals surface area contributed by atoms with E-state index in [0.717, 1.165) is 0 Å². The Morgan fingerprint density at radius 3 is 2.69 bits per heavy atom. The summed E-state index contributed by atoms with van der Waals surface area (Å²) in [5.41, 5.74) is 2.16. The van der Waals surface area contributed by atoms with Crippen molar-refractivity contribution in [2.24, 2.45) is 5.41 Å². The molecule has 0 saturated carbocycles. The zero-order valence-corrected chi connectivity index (χ0v) is 17.9. The van der Waals surface area contributed by atoms with E-state index in [1.807, 2.05) is 0 Å². The summed E-state index contributed by atoms with van der Waals surface area (Å²) in [6.45, 7) is 3.35. The van der Waals surface area contributed by atoms with Crippen molar-refractivity contribution in [2.75, 3.05) is 40.6 Å². The minimum Gasteiger partial charge on any atom is -0.469 e. The normalized spacial score (nSPS) is 29.2. The minimum atomic E-state index is -4.12. The van der Waals surface area contributed by atoms with E-state index in [4.69, 9.17) is 18.3 Å². The smallest absolute Gasteiger partial charge is 0.469 e. The first-order valence-corrected chi connectivity index (χ1v) is 10.6. The van der Waals surface area contributed by atoms with E-state index in [-0.39, 0.29) is 19.6 Å². The van der Waals surface area contributed by atoms with Crippen LogP contribution in [0.25, 0.3) is 0 Å². The molecule has 13 heteroatoms. The second-order valence-corrected chi connectivity index (χ2v) is 8.97. The van der Waals surface area contributed by atoms with Gasteiger partial charge in [0, 0.05) is 25.6 Å². The van der Waals surface area contributed by atoms with Crippen LogP contribution in [-0.2, 0) is 42.0 Å². The van der Waals surface area contributed by atoms with Crippen LogP contribution in [0.3, 0.4) is 0 Å². The highest BCUT2D eigenvalue weighted by Gasteiger charge is 2.49. The maximum Gasteiger partial charge on any atom is 0.478 e. The van der Waals surface area contributed by atoms with E-state index in [0.29, 0.717) is 13.0 Å². The molecule has 0 aliphatic carbocycles. The fraction of sp³-hybridized carbons (Fsp3) is 0.812. The Kier molecular flexibility index (Phi) is 8.15. The van der Waals surface area contributed by atoms with Crippen LogP contribution in [0.5, 0.6) is 0 Å². The topological polar surface area (TPSA) is 142 Å². The van der Waals surface area contributed by atoms with Gasteiger partial charge < -0.3 is 14.8 Å². The molecule has 1 amide bonds. The largest absolute Gasteiger partial charge is 0.478 e. The lowest BCUT2D eigenvalue weighted by molar-refractivity contribution is -0.160. The maximum absolute atomic E-state index is 12.7.